The van der Waals surface area contributed by atoms with Gasteiger partial charge in [-0.3, -0.25) is 4.79 Å². The van der Waals surface area contributed by atoms with Crippen LogP contribution in [0, 0.1) is 6.92 Å². The highest BCUT2D eigenvalue weighted by atomic mass is 79.9. The number of halogens is 1. The van der Waals surface area contributed by atoms with Crippen LogP contribution in [0.2, 0.25) is 0 Å². The van der Waals surface area contributed by atoms with Crippen LogP contribution in [0.4, 0.5) is 0 Å². The van der Waals surface area contributed by atoms with Crippen molar-refractivity contribution in [2.45, 2.75) is 6.92 Å². The molecule has 0 spiro atoms. The monoisotopic (exact) mass is 289 g/mol. The second-order valence-electron chi connectivity index (χ2n) is 3.96. The molecule has 86 valence electrons. The number of hydrogen-bond acceptors (Lipinski definition) is 1. The molecule has 2 rings (SSSR count). The summed E-state index contributed by atoms with van der Waals surface area (Å²) in [5.41, 5.74) is 9.05. The van der Waals surface area contributed by atoms with Gasteiger partial charge in [-0.2, -0.15) is 0 Å². The summed E-state index contributed by atoms with van der Waals surface area (Å²) in [7, 11) is 0. The van der Waals surface area contributed by atoms with Crippen LogP contribution in [0.3, 0.4) is 0 Å². The third-order valence-electron chi connectivity index (χ3n) is 2.53. The summed E-state index contributed by atoms with van der Waals surface area (Å²) in [6.45, 7) is 2.04. The first-order chi connectivity index (χ1) is 8.06. The normalized spacial score (nSPS) is 10.2. The minimum absolute atomic E-state index is 0.416. The zero-order valence-corrected chi connectivity index (χ0v) is 11.0. The molecule has 0 fully saturated rings. The van der Waals surface area contributed by atoms with Gasteiger partial charge in [-0.1, -0.05) is 45.8 Å². The van der Waals surface area contributed by atoms with Gasteiger partial charge in [-0.05, 0) is 36.2 Å². The molecule has 0 aliphatic rings. The van der Waals surface area contributed by atoms with Gasteiger partial charge in [0, 0.05) is 10.0 Å². The van der Waals surface area contributed by atoms with Crippen LogP contribution in [0.25, 0.3) is 11.1 Å². The van der Waals surface area contributed by atoms with E-state index in [0.29, 0.717) is 5.56 Å². The second kappa shape index (κ2) is 4.72. The molecule has 2 aromatic carbocycles. The van der Waals surface area contributed by atoms with Gasteiger partial charge in [0.05, 0.1) is 0 Å². The van der Waals surface area contributed by atoms with E-state index < -0.39 is 5.91 Å². The van der Waals surface area contributed by atoms with Crippen molar-refractivity contribution >= 4 is 21.8 Å². The number of nitrogens with two attached hydrogens (primary N) is 1. The van der Waals surface area contributed by atoms with Crippen LogP contribution in [0.1, 0.15) is 15.9 Å². The number of aryl methyl sites for hydroxylation is 1. The van der Waals surface area contributed by atoms with Gasteiger partial charge in [0.1, 0.15) is 0 Å². The third kappa shape index (κ3) is 2.74. The fourth-order valence-electron chi connectivity index (χ4n) is 1.72. The fraction of sp³-hybridized carbons (Fsp3) is 0.0714. The van der Waals surface area contributed by atoms with Crippen molar-refractivity contribution in [3.63, 3.8) is 0 Å². The van der Waals surface area contributed by atoms with Gasteiger partial charge in [-0.25, -0.2) is 0 Å². The lowest BCUT2D eigenvalue weighted by Gasteiger charge is -2.06. The van der Waals surface area contributed by atoms with Gasteiger partial charge in [0.25, 0.3) is 0 Å². The molecule has 0 bridgehead atoms. The zero-order valence-electron chi connectivity index (χ0n) is 9.41. The molecule has 0 aromatic heterocycles. The van der Waals surface area contributed by atoms with E-state index in [0.717, 1.165) is 15.6 Å². The van der Waals surface area contributed by atoms with E-state index in [1.807, 2.05) is 37.3 Å². The summed E-state index contributed by atoms with van der Waals surface area (Å²) in [6, 6.07) is 13.6. The Balaban J connectivity index is 2.56. The van der Waals surface area contributed by atoms with Crippen LogP contribution in [-0.2, 0) is 0 Å². The molecule has 0 saturated heterocycles. The summed E-state index contributed by atoms with van der Waals surface area (Å²) in [5, 5.41) is 0. The van der Waals surface area contributed by atoms with Gasteiger partial charge >= 0.3 is 0 Å². The first-order valence-electron chi connectivity index (χ1n) is 5.24. The minimum Gasteiger partial charge on any atom is -0.366 e. The lowest BCUT2D eigenvalue weighted by Crippen LogP contribution is -2.10. The predicted octanol–water partition coefficient (Wildman–Crippen LogP) is 3.52. The highest BCUT2D eigenvalue weighted by Crippen LogP contribution is 2.25. The smallest absolute Gasteiger partial charge is 0.248 e. The van der Waals surface area contributed by atoms with Crippen LogP contribution in [0.15, 0.2) is 46.9 Å². The maximum absolute atomic E-state index is 11.2. The molecule has 0 heterocycles. The lowest BCUT2D eigenvalue weighted by atomic mass is 10.0. The van der Waals surface area contributed by atoms with Crippen molar-refractivity contribution < 1.29 is 4.79 Å². The van der Waals surface area contributed by atoms with Crippen molar-refractivity contribution in [3.05, 3.63) is 58.1 Å². The number of benzene rings is 2. The Morgan fingerprint density at radius 1 is 1.12 bits per heavy atom. The zero-order chi connectivity index (χ0) is 12.4. The Labute approximate surface area is 109 Å². The molecule has 0 atom stereocenters. The molecule has 2 nitrogen and oxygen atoms in total. The molecule has 0 aliphatic heterocycles. The van der Waals surface area contributed by atoms with Crippen molar-refractivity contribution in [3.8, 4) is 11.1 Å². The Morgan fingerprint density at radius 3 is 2.53 bits per heavy atom. The second-order valence-corrected chi connectivity index (χ2v) is 4.88. The average Bonchev–Trinajstić information content (AvgIpc) is 2.28. The summed E-state index contributed by atoms with van der Waals surface area (Å²) in [4.78, 5) is 11.2. The van der Waals surface area contributed by atoms with Gasteiger partial charge < -0.3 is 5.73 Å². The number of primary amides is 1. The number of carbonyl (C=O) groups excluding carboxylic acids is 1. The number of rotatable bonds is 2. The summed E-state index contributed by atoms with van der Waals surface area (Å²) in [5.74, 6) is -0.416. The SMILES string of the molecule is Cc1cccc(-c2cc(Br)cc(C(N)=O)c2)c1. The van der Waals surface area contributed by atoms with Crippen molar-refractivity contribution in [2.75, 3.05) is 0 Å². The average molecular weight is 290 g/mol. The van der Waals surface area contributed by atoms with Gasteiger partial charge in [-0.15, -0.1) is 0 Å². The lowest BCUT2D eigenvalue weighted by molar-refractivity contribution is 0.100. The van der Waals surface area contributed by atoms with Crippen LogP contribution >= 0.6 is 15.9 Å². The molecular formula is C14H12BrNO. The van der Waals surface area contributed by atoms with Gasteiger partial charge in [0.15, 0.2) is 0 Å². The first kappa shape index (κ1) is 11.9. The molecule has 2 aromatic rings. The fourth-order valence-corrected chi connectivity index (χ4v) is 2.22. The highest BCUT2D eigenvalue weighted by Gasteiger charge is 2.06. The van der Waals surface area contributed by atoms with E-state index in [1.165, 1.54) is 5.56 Å². The van der Waals surface area contributed by atoms with E-state index in [4.69, 9.17) is 5.73 Å². The van der Waals surface area contributed by atoms with E-state index in [1.54, 1.807) is 6.07 Å². The predicted molar refractivity (Wildman–Crippen MR) is 72.8 cm³/mol. The molecular weight excluding hydrogens is 278 g/mol. The Bertz CT molecular complexity index is 578. The molecule has 17 heavy (non-hydrogen) atoms. The Hall–Kier alpha value is -1.61. The van der Waals surface area contributed by atoms with E-state index >= 15 is 0 Å². The standard InChI is InChI=1S/C14H12BrNO/c1-9-3-2-4-10(5-9)11-6-12(14(16)17)8-13(15)7-11/h2-8H,1H3,(H2,16,17). The number of carbonyl (C=O) groups is 1. The molecule has 0 aliphatic carbocycles. The van der Waals surface area contributed by atoms with Crippen LogP contribution in [-0.4, -0.2) is 5.91 Å². The number of amides is 1. The first-order valence-corrected chi connectivity index (χ1v) is 6.03. The van der Waals surface area contributed by atoms with Gasteiger partial charge in [0.2, 0.25) is 5.91 Å². The third-order valence-corrected chi connectivity index (χ3v) is 2.99. The highest BCUT2D eigenvalue weighted by molar-refractivity contribution is 9.10. The van der Waals surface area contributed by atoms with Crippen LogP contribution < -0.4 is 5.73 Å². The maximum atomic E-state index is 11.2. The van der Waals surface area contributed by atoms with E-state index in [9.17, 15) is 4.79 Å². The van der Waals surface area contributed by atoms with E-state index in [-0.39, 0.29) is 0 Å². The largest absolute Gasteiger partial charge is 0.366 e. The molecule has 2 N–H and O–H groups in total. The van der Waals surface area contributed by atoms with Crippen molar-refractivity contribution in [1.29, 1.82) is 0 Å². The quantitative estimate of drug-likeness (QED) is 0.903. The molecule has 0 saturated carbocycles. The summed E-state index contributed by atoms with van der Waals surface area (Å²) >= 11 is 3.39. The van der Waals surface area contributed by atoms with Crippen molar-refractivity contribution in [1.82, 2.24) is 0 Å². The molecule has 0 unspecified atom stereocenters. The van der Waals surface area contributed by atoms with Crippen molar-refractivity contribution in [2.24, 2.45) is 5.73 Å². The molecule has 0 radical (unpaired) electrons. The maximum Gasteiger partial charge on any atom is 0.248 e. The molecule has 1 amide bonds. The van der Waals surface area contributed by atoms with E-state index in [2.05, 4.69) is 22.0 Å². The Kier molecular flexibility index (Phi) is 3.29. The van der Waals surface area contributed by atoms with Crippen LogP contribution in [0.5, 0.6) is 0 Å². The summed E-state index contributed by atoms with van der Waals surface area (Å²) < 4.78 is 0.852. The Morgan fingerprint density at radius 2 is 1.88 bits per heavy atom. The topological polar surface area (TPSA) is 43.1 Å². The molecule has 3 heteroatoms. The minimum atomic E-state index is -0.416. The summed E-state index contributed by atoms with van der Waals surface area (Å²) in [6.07, 6.45) is 0. The number of hydrogen-bond donors (Lipinski definition) is 1.